The second kappa shape index (κ2) is 4.59. The molecule has 2 aromatic rings. The van der Waals surface area contributed by atoms with Crippen LogP contribution in [0.5, 0.6) is 0 Å². The van der Waals surface area contributed by atoms with Crippen molar-refractivity contribution in [3.63, 3.8) is 0 Å². The number of rotatable bonds is 3. The summed E-state index contributed by atoms with van der Waals surface area (Å²) >= 11 is 5.66. The van der Waals surface area contributed by atoms with E-state index in [1.165, 1.54) is 10.7 Å². The average Bonchev–Trinajstić information content (AvgIpc) is 2.71. The molecule has 2 rings (SSSR count). The van der Waals surface area contributed by atoms with Gasteiger partial charge in [0.2, 0.25) is 0 Å². The summed E-state index contributed by atoms with van der Waals surface area (Å²) in [5, 5.41) is 16.3. The van der Waals surface area contributed by atoms with E-state index < -0.39 is 5.82 Å². The second-order valence-corrected chi connectivity index (χ2v) is 3.61. The molecule has 0 radical (unpaired) electrons. The summed E-state index contributed by atoms with van der Waals surface area (Å²) in [7, 11) is 0. The van der Waals surface area contributed by atoms with Gasteiger partial charge in [-0.2, -0.15) is 0 Å². The predicted octanol–water partition coefficient (Wildman–Crippen LogP) is 1.59. The molecule has 1 N–H and O–H groups in total. The van der Waals surface area contributed by atoms with Crippen LogP contribution in [0.3, 0.4) is 0 Å². The van der Waals surface area contributed by atoms with Gasteiger partial charge in [-0.3, -0.25) is 0 Å². The molecule has 0 fully saturated rings. The van der Waals surface area contributed by atoms with E-state index >= 15 is 0 Å². The van der Waals surface area contributed by atoms with Crippen molar-refractivity contribution in [2.75, 3.05) is 6.61 Å². The van der Waals surface area contributed by atoms with Gasteiger partial charge in [0.1, 0.15) is 5.69 Å². The van der Waals surface area contributed by atoms with Crippen molar-refractivity contribution in [1.82, 2.24) is 15.0 Å². The summed E-state index contributed by atoms with van der Waals surface area (Å²) in [5.74, 6) is -0.537. The Morgan fingerprint density at radius 3 is 3.00 bits per heavy atom. The van der Waals surface area contributed by atoms with Gasteiger partial charge in [-0.15, -0.1) is 5.10 Å². The van der Waals surface area contributed by atoms with Crippen molar-refractivity contribution in [3.05, 3.63) is 40.9 Å². The summed E-state index contributed by atoms with van der Waals surface area (Å²) in [6, 6.07) is 4.65. The van der Waals surface area contributed by atoms with Crippen LogP contribution in [-0.2, 0) is 6.42 Å². The average molecular weight is 242 g/mol. The second-order valence-electron chi connectivity index (χ2n) is 3.20. The number of hydrogen-bond acceptors (Lipinski definition) is 3. The van der Waals surface area contributed by atoms with Crippen molar-refractivity contribution in [2.45, 2.75) is 6.42 Å². The first-order chi connectivity index (χ1) is 7.72. The number of benzene rings is 1. The van der Waals surface area contributed by atoms with Gasteiger partial charge in [0.05, 0.1) is 16.9 Å². The summed E-state index contributed by atoms with van der Waals surface area (Å²) in [6.45, 7) is -0.0171. The Balaban J connectivity index is 2.39. The van der Waals surface area contributed by atoms with Crippen LogP contribution in [0.2, 0.25) is 5.02 Å². The van der Waals surface area contributed by atoms with Crippen LogP contribution in [0, 0.1) is 5.82 Å². The lowest BCUT2D eigenvalue weighted by Gasteiger charge is -2.02. The van der Waals surface area contributed by atoms with E-state index in [1.54, 1.807) is 18.3 Å². The fourth-order valence-corrected chi connectivity index (χ4v) is 1.48. The predicted molar refractivity (Wildman–Crippen MR) is 57.1 cm³/mol. The van der Waals surface area contributed by atoms with Gasteiger partial charge in [0.15, 0.2) is 5.82 Å². The Kier molecular flexibility index (Phi) is 3.17. The molecule has 0 aliphatic carbocycles. The summed E-state index contributed by atoms with van der Waals surface area (Å²) < 4.78 is 14.9. The molecular formula is C10H9ClFN3O. The van der Waals surface area contributed by atoms with Crippen LogP contribution in [0.4, 0.5) is 4.39 Å². The van der Waals surface area contributed by atoms with Crippen molar-refractivity contribution >= 4 is 11.6 Å². The number of halogens is 2. The van der Waals surface area contributed by atoms with E-state index in [-0.39, 0.29) is 17.3 Å². The molecule has 0 amide bonds. The Morgan fingerprint density at radius 2 is 2.25 bits per heavy atom. The Labute approximate surface area is 96.3 Å². The van der Waals surface area contributed by atoms with Gasteiger partial charge in [0, 0.05) is 13.0 Å². The summed E-state index contributed by atoms with van der Waals surface area (Å²) in [6.07, 6.45) is 1.95. The van der Waals surface area contributed by atoms with Crippen molar-refractivity contribution < 1.29 is 9.50 Å². The van der Waals surface area contributed by atoms with E-state index in [9.17, 15) is 4.39 Å². The molecule has 0 saturated carbocycles. The zero-order chi connectivity index (χ0) is 11.5. The Bertz CT molecular complexity index is 501. The van der Waals surface area contributed by atoms with Gasteiger partial charge in [-0.1, -0.05) is 22.9 Å². The first-order valence-corrected chi connectivity index (χ1v) is 5.06. The van der Waals surface area contributed by atoms with Gasteiger partial charge in [-0.25, -0.2) is 9.07 Å². The number of aliphatic hydroxyl groups is 1. The third kappa shape index (κ3) is 2.05. The Hall–Kier alpha value is -1.46. The first kappa shape index (κ1) is 11.0. The molecular weight excluding hydrogens is 233 g/mol. The highest BCUT2D eigenvalue weighted by Gasteiger charge is 2.10. The number of aromatic nitrogens is 3. The van der Waals surface area contributed by atoms with Gasteiger partial charge in [-0.05, 0) is 12.1 Å². The van der Waals surface area contributed by atoms with Crippen molar-refractivity contribution in [1.29, 1.82) is 0 Å². The molecule has 0 aliphatic rings. The maximum absolute atomic E-state index is 13.6. The topological polar surface area (TPSA) is 50.9 Å². The molecule has 1 aromatic carbocycles. The maximum atomic E-state index is 13.6. The summed E-state index contributed by atoms with van der Waals surface area (Å²) in [4.78, 5) is 0. The maximum Gasteiger partial charge on any atom is 0.167 e. The fraction of sp³-hybridized carbons (Fsp3) is 0.200. The van der Waals surface area contributed by atoms with E-state index in [2.05, 4.69) is 10.3 Å². The molecule has 84 valence electrons. The fourth-order valence-electron chi connectivity index (χ4n) is 1.31. The van der Waals surface area contributed by atoms with E-state index in [4.69, 9.17) is 16.7 Å². The van der Waals surface area contributed by atoms with Crippen LogP contribution in [0.25, 0.3) is 5.69 Å². The lowest BCUT2D eigenvalue weighted by Crippen LogP contribution is -1.98. The highest BCUT2D eigenvalue weighted by Crippen LogP contribution is 2.20. The molecule has 0 spiro atoms. The molecule has 1 heterocycles. The molecule has 16 heavy (non-hydrogen) atoms. The minimum atomic E-state index is -0.537. The normalized spacial score (nSPS) is 10.7. The lowest BCUT2D eigenvalue weighted by atomic mass is 10.3. The van der Waals surface area contributed by atoms with Gasteiger partial charge in [0.25, 0.3) is 0 Å². The molecule has 4 nitrogen and oxygen atoms in total. The minimum Gasteiger partial charge on any atom is -0.396 e. The van der Waals surface area contributed by atoms with E-state index in [1.807, 2.05) is 0 Å². The minimum absolute atomic E-state index is 0.0171. The number of aliphatic hydroxyl groups excluding tert-OH is 1. The van der Waals surface area contributed by atoms with Crippen LogP contribution < -0.4 is 0 Å². The number of nitrogens with zero attached hydrogens (tertiary/aromatic N) is 3. The van der Waals surface area contributed by atoms with Crippen LogP contribution in [-0.4, -0.2) is 26.7 Å². The van der Waals surface area contributed by atoms with Crippen LogP contribution >= 0.6 is 11.6 Å². The highest BCUT2D eigenvalue weighted by atomic mass is 35.5. The highest BCUT2D eigenvalue weighted by molar-refractivity contribution is 6.30. The molecule has 0 bridgehead atoms. The zero-order valence-corrected chi connectivity index (χ0v) is 9.02. The number of hydrogen-bond donors (Lipinski definition) is 1. The molecule has 0 saturated heterocycles. The Morgan fingerprint density at radius 1 is 1.44 bits per heavy atom. The van der Waals surface area contributed by atoms with Crippen LogP contribution in [0.1, 0.15) is 5.69 Å². The lowest BCUT2D eigenvalue weighted by molar-refractivity contribution is 0.298. The third-order valence-corrected chi connectivity index (χ3v) is 2.38. The van der Waals surface area contributed by atoms with E-state index in [0.29, 0.717) is 12.1 Å². The SMILES string of the molecule is OCCc1cn(-c2cccc(Cl)c2F)nn1. The van der Waals surface area contributed by atoms with Crippen molar-refractivity contribution in [3.8, 4) is 5.69 Å². The van der Waals surface area contributed by atoms with Crippen molar-refractivity contribution in [2.24, 2.45) is 0 Å². The molecule has 0 unspecified atom stereocenters. The largest absolute Gasteiger partial charge is 0.396 e. The smallest absolute Gasteiger partial charge is 0.167 e. The van der Waals surface area contributed by atoms with Gasteiger partial charge >= 0.3 is 0 Å². The third-order valence-electron chi connectivity index (χ3n) is 2.09. The zero-order valence-electron chi connectivity index (χ0n) is 8.27. The summed E-state index contributed by atoms with van der Waals surface area (Å²) in [5.41, 5.74) is 0.839. The van der Waals surface area contributed by atoms with Crippen LogP contribution in [0.15, 0.2) is 24.4 Å². The van der Waals surface area contributed by atoms with Gasteiger partial charge < -0.3 is 5.11 Å². The molecule has 6 heteroatoms. The van der Waals surface area contributed by atoms with E-state index in [0.717, 1.165) is 0 Å². The molecule has 1 aromatic heterocycles. The quantitative estimate of drug-likeness (QED) is 0.888. The first-order valence-electron chi connectivity index (χ1n) is 4.69. The molecule has 0 atom stereocenters. The standard InChI is InChI=1S/C10H9ClFN3O/c11-8-2-1-3-9(10(8)12)15-6-7(4-5-16)13-14-15/h1-3,6,16H,4-5H2. The molecule has 0 aliphatic heterocycles. The monoisotopic (exact) mass is 241 g/mol.